The third-order valence-corrected chi connectivity index (χ3v) is 5.05. The van der Waals surface area contributed by atoms with Crippen LogP contribution in [0.3, 0.4) is 0 Å². The van der Waals surface area contributed by atoms with Gasteiger partial charge in [0.2, 0.25) is 0 Å². The number of carbonyl (C=O) groups is 1. The molecule has 0 aromatic carbocycles. The molecule has 0 radical (unpaired) electrons. The van der Waals surface area contributed by atoms with Gasteiger partial charge in [0.1, 0.15) is 0 Å². The molecule has 0 heterocycles. The molecule has 2 atom stereocenters. The molecule has 0 unspecified atom stereocenters. The summed E-state index contributed by atoms with van der Waals surface area (Å²) in [4.78, 5) is 10.7. The fourth-order valence-electron chi connectivity index (χ4n) is 3.67. The minimum Gasteiger partial charge on any atom is -0.350 e. The Balaban J connectivity index is 2.26. The number of nitrogens with two attached hydrogens (primary N) is 1. The van der Waals surface area contributed by atoms with Gasteiger partial charge >= 0.3 is 6.03 Å². The number of carbonyl (C=O) groups excluding carboxylic acids is 1. The average molecular weight is 275 g/mol. The average Bonchev–Trinajstić information content (AvgIpc) is 2.80. The van der Waals surface area contributed by atoms with Crippen molar-refractivity contribution in [3.63, 3.8) is 0 Å². The fourth-order valence-corrected chi connectivity index (χ4v) is 3.67. The van der Waals surface area contributed by atoms with Crippen LogP contribution in [0.2, 0.25) is 0 Å². The van der Waals surface area contributed by atoms with E-state index in [1.165, 1.54) is 30.4 Å². The topological polar surface area (TPSA) is 67.5 Å². The summed E-state index contributed by atoms with van der Waals surface area (Å²) in [5, 5.41) is 4.10. The predicted octanol–water partition coefficient (Wildman–Crippen LogP) is 3.50. The summed E-state index contributed by atoms with van der Waals surface area (Å²) < 4.78 is 0. The first-order valence-corrected chi connectivity index (χ1v) is 7.31. The standard InChI is InChI=1S/C16H25N3O/c1-10(2)13-5-6-16(9-13)11(3)7-14(8-12(16)4)18-19-15(17)20/h7,12H,5-6,8-9H2,1-4H3,(H3,17,19,20)/t12-,16+/m1/s1. The van der Waals surface area contributed by atoms with E-state index in [9.17, 15) is 4.79 Å². The van der Waals surface area contributed by atoms with Crippen LogP contribution in [-0.2, 0) is 0 Å². The molecule has 1 fully saturated rings. The van der Waals surface area contributed by atoms with Crippen LogP contribution >= 0.6 is 0 Å². The second-order valence-corrected chi connectivity index (χ2v) is 6.45. The molecule has 20 heavy (non-hydrogen) atoms. The van der Waals surface area contributed by atoms with Crippen molar-refractivity contribution in [2.45, 2.75) is 53.4 Å². The Bertz CT molecular complexity index is 512. The molecule has 0 aliphatic heterocycles. The quantitative estimate of drug-likeness (QED) is 0.558. The van der Waals surface area contributed by atoms with Gasteiger partial charge in [0, 0.05) is 0 Å². The first-order valence-electron chi connectivity index (χ1n) is 7.31. The van der Waals surface area contributed by atoms with Crippen LogP contribution in [-0.4, -0.2) is 11.7 Å². The SMILES string of the molecule is CC1=CC(=NNC(N)=O)C[C@@H](C)[C@]12CCC(=C(C)C)C2. The second kappa shape index (κ2) is 5.43. The highest BCUT2D eigenvalue weighted by molar-refractivity contribution is 5.97. The number of hydrogen-bond donors (Lipinski definition) is 2. The van der Waals surface area contributed by atoms with Gasteiger partial charge in [-0.15, -0.1) is 0 Å². The third kappa shape index (κ3) is 2.65. The zero-order valence-corrected chi connectivity index (χ0v) is 12.9. The Morgan fingerprint density at radius 3 is 2.70 bits per heavy atom. The molecule has 2 aliphatic rings. The van der Waals surface area contributed by atoms with Crippen LogP contribution < -0.4 is 11.2 Å². The summed E-state index contributed by atoms with van der Waals surface area (Å²) in [7, 11) is 0. The van der Waals surface area contributed by atoms with Crippen molar-refractivity contribution in [2.24, 2.45) is 22.2 Å². The molecule has 2 aliphatic carbocycles. The summed E-state index contributed by atoms with van der Waals surface area (Å²) >= 11 is 0. The van der Waals surface area contributed by atoms with E-state index in [-0.39, 0.29) is 0 Å². The van der Waals surface area contributed by atoms with Crippen molar-refractivity contribution in [3.05, 3.63) is 22.8 Å². The summed E-state index contributed by atoms with van der Waals surface area (Å²) in [6, 6.07) is -0.607. The van der Waals surface area contributed by atoms with E-state index in [0.717, 1.165) is 12.1 Å². The minimum absolute atomic E-state index is 0.290. The smallest absolute Gasteiger partial charge is 0.332 e. The van der Waals surface area contributed by atoms with Crippen molar-refractivity contribution in [1.82, 2.24) is 5.43 Å². The molecule has 110 valence electrons. The molecular weight excluding hydrogens is 250 g/mol. The Morgan fingerprint density at radius 1 is 1.50 bits per heavy atom. The summed E-state index contributed by atoms with van der Waals surface area (Å²) in [5.74, 6) is 0.540. The van der Waals surface area contributed by atoms with Gasteiger partial charge < -0.3 is 5.73 Å². The van der Waals surface area contributed by atoms with Gasteiger partial charge in [-0.3, -0.25) is 0 Å². The van der Waals surface area contributed by atoms with Gasteiger partial charge in [-0.2, -0.15) is 5.10 Å². The lowest BCUT2D eigenvalue weighted by atomic mass is 9.64. The molecular formula is C16H25N3O. The van der Waals surface area contributed by atoms with Crippen LogP contribution in [0.5, 0.6) is 0 Å². The molecule has 0 saturated heterocycles. The van der Waals surface area contributed by atoms with E-state index in [2.05, 4.69) is 44.3 Å². The van der Waals surface area contributed by atoms with Crippen LogP contribution in [0.4, 0.5) is 4.79 Å². The summed E-state index contributed by atoms with van der Waals surface area (Å²) in [6.45, 7) is 8.92. The molecule has 2 rings (SSSR count). The summed E-state index contributed by atoms with van der Waals surface area (Å²) in [5.41, 5.74) is 13.1. The van der Waals surface area contributed by atoms with Gasteiger partial charge in [0.15, 0.2) is 0 Å². The van der Waals surface area contributed by atoms with Crippen molar-refractivity contribution in [1.29, 1.82) is 0 Å². The number of rotatable bonds is 1. The van der Waals surface area contributed by atoms with Crippen LogP contribution in [0, 0.1) is 11.3 Å². The van der Waals surface area contributed by atoms with Crippen molar-refractivity contribution < 1.29 is 4.79 Å². The molecule has 4 nitrogen and oxygen atoms in total. The maximum absolute atomic E-state index is 10.7. The lowest BCUT2D eigenvalue weighted by molar-refractivity contribution is 0.239. The molecule has 0 aromatic rings. The molecule has 0 aromatic heterocycles. The Labute approximate surface area is 121 Å². The monoisotopic (exact) mass is 275 g/mol. The summed E-state index contributed by atoms with van der Waals surface area (Å²) in [6.07, 6.45) is 6.64. The first-order chi connectivity index (χ1) is 9.35. The zero-order chi connectivity index (χ0) is 14.9. The number of urea groups is 1. The largest absolute Gasteiger partial charge is 0.350 e. The van der Waals surface area contributed by atoms with Gasteiger partial charge in [0.05, 0.1) is 5.71 Å². The van der Waals surface area contributed by atoms with Gasteiger partial charge in [-0.05, 0) is 63.9 Å². The Kier molecular flexibility index (Phi) is 4.02. The fraction of sp³-hybridized carbons (Fsp3) is 0.625. The lowest BCUT2D eigenvalue weighted by Crippen LogP contribution is -2.34. The Hall–Kier alpha value is -1.58. The first kappa shape index (κ1) is 14.8. The normalized spacial score (nSPS) is 31.6. The van der Waals surface area contributed by atoms with E-state index in [1.54, 1.807) is 5.57 Å². The van der Waals surface area contributed by atoms with E-state index in [0.29, 0.717) is 11.3 Å². The molecule has 1 saturated carbocycles. The highest BCUT2D eigenvalue weighted by Gasteiger charge is 2.44. The number of allylic oxidation sites excluding steroid dienone is 4. The lowest BCUT2D eigenvalue weighted by Gasteiger charge is -2.40. The number of nitrogens with zero attached hydrogens (tertiary/aromatic N) is 1. The van der Waals surface area contributed by atoms with Gasteiger partial charge in [-0.1, -0.05) is 23.6 Å². The highest BCUT2D eigenvalue weighted by Crippen LogP contribution is 2.55. The zero-order valence-electron chi connectivity index (χ0n) is 12.9. The maximum Gasteiger partial charge on any atom is 0.332 e. The molecule has 3 N–H and O–H groups in total. The van der Waals surface area contributed by atoms with Gasteiger partial charge in [-0.25, -0.2) is 10.2 Å². The van der Waals surface area contributed by atoms with Crippen molar-refractivity contribution in [2.75, 3.05) is 0 Å². The van der Waals surface area contributed by atoms with E-state index in [1.807, 2.05) is 0 Å². The van der Waals surface area contributed by atoms with Crippen LogP contribution in [0.1, 0.15) is 53.4 Å². The number of hydrazone groups is 1. The third-order valence-electron chi connectivity index (χ3n) is 5.05. The maximum atomic E-state index is 10.7. The van der Waals surface area contributed by atoms with Crippen molar-refractivity contribution in [3.8, 4) is 0 Å². The van der Waals surface area contributed by atoms with Crippen LogP contribution in [0.25, 0.3) is 0 Å². The number of hydrogen-bond acceptors (Lipinski definition) is 2. The van der Waals surface area contributed by atoms with Crippen molar-refractivity contribution >= 4 is 11.7 Å². The van der Waals surface area contributed by atoms with Crippen LogP contribution in [0.15, 0.2) is 27.9 Å². The molecule has 4 heteroatoms. The molecule has 0 bridgehead atoms. The van der Waals surface area contributed by atoms with E-state index >= 15 is 0 Å². The minimum atomic E-state index is -0.607. The van der Waals surface area contributed by atoms with Gasteiger partial charge in [0.25, 0.3) is 0 Å². The second-order valence-electron chi connectivity index (χ2n) is 6.45. The number of nitrogens with one attached hydrogen (secondary N) is 1. The molecule has 2 amide bonds. The number of primary amides is 1. The highest BCUT2D eigenvalue weighted by atomic mass is 16.2. The molecule has 1 spiro atoms. The van der Waals surface area contributed by atoms with E-state index in [4.69, 9.17) is 5.73 Å². The van der Waals surface area contributed by atoms with E-state index < -0.39 is 6.03 Å². The Morgan fingerprint density at radius 2 is 2.20 bits per heavy atom. The predicted molar refractivity (Wildman–Crippen MR) is 82.4 cm³/mol. The number of amides is 2.